The van der Waals surface area contributed by atoms with E-state index in [0.717, 1.165) is 30.7 Å². The fraction of sp³-hybridized carbons (Fsp3) is 0.500. The van der Waals surface area contributed by atoms with E-state index in [4.69, 9.17) is 4.74 Å². The molecule has 0 saturated heterocycles. The van der Waals surface area contributed by atoms with Gasteiger partial charge in [-0.25, -0.2) is 4.79 Å². The number of aryl methyl sites for hydroxylation is 1. The number of carbonyl (C=O) groups excluding carboxylic acids is 1. The standard InChI is InChI=1S/C14H22N2O2/c1-3-12-8-5-6-9-13(12)16-14(17)15-10-7-11-18-4-2/h5-6,8-9H,3-4,7,10-11H2,1-2H3,(H2,15,16,17). The van der Waals surface area contributed by atoms with Crippen molar-refractivity contribution in [3.8, 4) is 0 Å². The van der Waals surface area contributed by atoms with E-state index in [1.807, 2.05) is 31.2 Å². The van der Waals surface area contributed by atoms with Crippen LogP contribution in [0.3, 0.4) is 0 Å². The molecule has 0 aliphatic carbocycles. The predicted octanol–water partition coefficient (Wildman–Crippen LogP) is 2.80. The Morgan fingerprint density at radius 3 is 2.78 bits per heavy atom. The molecule has 1 aromatic rings. The molecule has 0 fully saturated rings. The minimum Gasteiger partial charge on any atom is -0.382 e. The highest BCUT2D eigenvalue weighted by Crippen LogP contribution is 2.14. The number of carbonyl (C=O) groups is 1. The van der Waals surface area contributed by atoms with E-state index in [2.05, 4.69) is 17.6 Å². The molecule has 4 heteroatoms. The normalized spacial score (nSPS) is 10.1. The Bertz CT molecular complexity index is 367. The second-order valence-electron chi connectivity index (χ2n) is 3.94. The Hall–Kier alpha value is -1.55. The van der Waals surface area contributed by atoms with E-state index in [0.29, 0.717) is 13.2 Å². The lowest BCUT2D eigenvalue weighted by molar-refractivity contribution is 0.145. The molecule has 0 radical (unpaired) electrons. The summed E-state index contributed by atoms with van der Waals surface area (Å²) in [6.07, 6.45) is 1.73. The zero-order chi connectivity index (χ0) is 13.2. The lowest BCUT2D eigenvalue weighted by Crippen LogP contribution is -2.30. The van der Waals surface area contributed by atoms with Gasteiger partial charge in [0.1, 0.15) is 0 Å². The molecule has 100 valence electrons. The van der Waals surface area contributed by atoms with Gasteiger partial charge in [0.2, 0.25) is 0 Å². The quantitative estimate of drug-likeness (QED) is 0.731. The van der Waals surface area contributed by atoms with E-state index >= 15 is 0 Å². The van der Waals surface area contributed by atoms with Crippen LogP contribution >= 0.6 is 0 Å². The third-order valence-electron chi connectivity index (χ3n) is 2.60. The summed E-state index contributed by atoms with van der Waals surface area (Å²) in [5.41, 5.74) is 2.02. The van der Waals surface area contributed by atoms with Crippen LogP contribution in [0.2, 0.25) is 0 Å². The van der Waals surface area contributed by atoms with Gasteiger partial charge in [0.25, 0.3) is 0 Å². The first-order valence-corrected chi connectivity index (χ1v) is 6.48. The first-order chi connectivity index (χ1) is 8.77. The molecule has 0 bridgehead atoms. The number of ether oxygens (including phenoxy) is 1. The Morgan fingerprint density at radius 2 is 2.06 bits per heavy atom. The summed E-state index contributed by atoms with van der Waals surface area (Å²) in [7, 11) is 0. The third kappa shape index (κ3) is 5.19. The van der Waals surface area contributed by atoms with Crippen LogP contribution in [0.25, 0.3) is 0 Å². The number of amides is 2. The van der Waals surface area contributed by atoms with Crippen molar-refractivity contribution in [3.05, 3.63) is 29.8 Å². The van der Waals surface area contributed by atoms with Crippen LogP contribution in [-0.2, 0) is 11.2 Å². The van der Waals surface area contributed by atoms with Gasteiger partial charge in [-0.05, 0) is 31.4 Å². The van der Waals surface area contributed by atoms with Gasteiger partial charge in [0, 0.05) is 25.4 Å². The molecule has 1 aromatic carbocycles. The van der Waals surface area contributed by atoms with Crippen molar-refractivity contribution in [2.24, 2.45) is 0 Å². The molecule has 0 spiro atoms. The van der Waals surface area contributed by atoms with Crippen LogP contribution in [0.5, 0.6) is 0 Å². The van der Waals surface area contributed by atoms with Gasteiger partial charge in [0.15, 0.2) is 0 Å². The smallest absolute Gasteiger partial charge is 0.319 e. The summed E-state index contributed by atoms with van der Waals surface area (Å²) >= 11 is 0. The maximum atomic E-state index is 11.7. The van der Waals surface area contributed by atoms with Crippen LogP contribution in [-0.4, -0.2) is 25.8 Å². The summed E-state index contributed by atoms with van der Waals surface area (Å²) in [6, 6.07) is 7.67. The van der Waals surface area contributed by atoms with Crippen LogP contribution in [0.4, 0.5) is 10.5 Å². The average Bonchev–Trinajstić information content (AvgIpc) is 2.39. The van der Waals surface area contributed by atoms with Crippen molar-refractivity contribution >= 4 is 11.7 Å². The van der Waals surface area contributed by atoms with Crippen LogP contribution in [0.1, 0.15) is 25.8 Å². The molecule has 2 amide bonds. The molecule has 0 aromatic heterocycles. The molecule has 0 atom stereocenters. The van der Waals surface area contributed by atoms with E-state index in [9.17, 15) is 4.79 Å². The molecule has 2 N–H and O–H groups in total. The topological polar surface area (TPSA) is 50.4 Å². The molecular formula is C14H22N2O2. The molecule has 18 heavy (non-hydrogen) atoms. The minimum absolute atomic E-state index is 0.160. The Labute approximate surface area is 109 Å². The van der Waals surface area contributed by atoms with E-state index in [1.165, 1.54) is 0 Å². The van der Waals surface area contributed by atoms with E-state index in [-0.39, 0.29) is 6.03 Å². The molecule has 0 aliphatic heterocycles. The van der Waals surface area contributed by atoms with Gasteiger partial charge in [0.05, 0.1) is 0 Å². The van der Waals surface area contributed by atoms with Crippen LogP contribution in [0.15, 0.2) is 24.3 Å². The number of rotatable bonds is 7. The Balaban J connectivity index is 2.31. The molecule has 0 aliphatic rings. The van der Waals surface area contributed by atoms with Gasteiger partial charge in [-0.15, -0.1) is 0 Å². The SMILES string of the molecule is CCOCCCNC(=O)Nc1ccccc1CC. The number of anilines is 1. The maximum absolute atomic E-state index is 11.7. The second kappa shape index (κ2) is 8.53. The molecule has 0 saturated carbocycles. The summed E-state index contributed by atoms with van der Waals surface area (Å²) < 4.78 is 5.20. The largest absolute Gasteiger partial charge is 0.382 e. The molecular weight excluding hydrogens is 228 g/mol. The lowest BCUT2D eigenvalue weighted by atomic mass is 10.1. The van der Waals surface area contributed by atoms with Crippen molar-refractivity contribution in [2.45, 2.75) is 26.7 Å². The van der Waals surface area contributed by atoms with Crippen molar-refractivity contribution in [2.75, 3.05) is 25.1 Å². The first-order valence-electron chi connectivity index (χ1n) is 6.48. The third-order valence-corrected chi connectivity index (χ3v) is 2.60. The second-order valence-corrected chi connectivity index (χ2v) is 3.94. The van der Waals surface area contributed by atoms with Crippen LogP contribution in [0, 0.1) is 0 Å². The average molecular weight is 250 g/mol. The van der Waals surface area contributed by atoms with E-state index in [1.54, 1.807) is 0 Å². The fourth-order valence-electron chi connectivity index (χ4n) is 1.64. The van der Waals surface area contributed by atoms with Gasteiger partial charge in [-0.1, -0.05) is 25.1 Å². The highest BCUT2D eigenvalue weighted by molar-refractivity contribution is 5.90. The van der Waals surface area contributed by atoms with E-state index < -0.39 is 0 Å². The predicted molar refractivity (Wildman–Crippen MR) is 74.0 cm³/mol. The zero-order valence-electron chi connectivity index (χ0n) is 11.2. The Morgan fingerprint density at radius 1 is 1.28 bits per heavy atom. The molecule has 1 rings (SSSR count). The highest BCUT2D eigenvalue weighted by Gasteiger charge is 2.03. The van der Waals surface area contributed by atoms with Gasteiger partial charge in [-0.2, -0.15) is 0 Å². The number of hydrogen-bond donors (Lipinski definition) is 2. The number of benzene rings is 1. The first kappa shape index (κ1) is 14.5. The van der Waals surface area contributed by atoms with Gasteiger partial charge < -0.3 is 15.4 Å². The summed E-state index contributed by atoms with van der Waals surface area (Å²) in [6.45, 7) is 6.06. The minimum atomic E-state index is -0.160. The molecule has 0 unspecified atom stereocenters. The number of hydrogen-bond acceptors (Lipinski definition) is 2. The van der Waals surface area contributed by atoms with Crippen molar-refractivity contribution in [1.29, 1.82) is 0 Å². The lowest BCUT2D eigenvalue weighted by Gasteiger charge is -2.10. The molecule has 0 heterocycles. The summed E-state index contributed by atoms with van der Waals surface area (Å²) in [5, 5.41) is 5.67. The monoisotopic (exact) mass is 250 g/mol. The maximum Gasteiger partial charge on any atom is 0.319 e. The number of urea groups is 1. The number of para-hydroxylation sites is 1. The summed E-state index contributed by atoms with van der Waals surface area (Å²) in [5.74, 6) is 0. The molecule has 4 nitrogen and oxygen atoms in total. The highest BCUT2D eigenvalue weighted by atomic mass is 16.5. The van der Waals surface area contributed by atoms with Crippen LogP contribution < -0.4 is 10.6 Å². The van der Waals surface area contributed by atoms with Crippen molar-refractivity contribution < 1.29 is 9.53 Å². The van der Waals surface area contributed by atoms with Gasteiger partial charge >= 0.3 is 6.03 Å². The Kier molecular flexibility index (Phi) is 6.87. The fourth-order valence-corrected chi connectivity index (χ4v) is 1.64. The van der Waals surface area contributed by atoms with Gasteiger partial charge in [-0.3, -0.25) is 0 Å². The zero-order valence-corrected chi connectivity index (χ0v) is 11.2. The summed E-state index contributed by atoms with van der Waals surface area (Å²) in [4.78, 5) is 11.7. The van der Waals surface area contributed by atoms with Crippen molar-refractivity contribution in [3.63, 3.8) is 0 Å². The van der Waals surface area contributed by atoms with Crippen molar-refractivity contribution in [1.82, 2.24) is 5.32 Å². The number of nitrogens with one attached hydrogen (secondary N) is 2.